The fourth-order valence-corrected chi connectivity index (χ4v) is 2.93. The Morgan fingerprint density at radius 1 is 1.00 bits per heavy atom. The molecule has 122 valence electrons. The fourth-order valence-electron chi connectivity index (χ4n) is 2.64. The van der Waals surface area contributed by atoms with Crippen LogP contribution >= 0.6 is 11.6 Å². The predicted molar refractivity (Wildman–Crippen MR) is 95.8 cm³/mol. The summed E-state index contributed by atoms with van der Waals surface area (Å²) in [5.74, 6) is 0.0510. The summed E-state index contributed by atoms with van der Waals surface area (Å²) >= 11 is 6.17. The van der Waals surface area contributed by atoms with Crippen molar-refractivity contribution in [3.8, 4) is 5.75 Å². The summed E-state index contributed by atoms with van der Waals surface area (Å²) in [6, 6.07) is 18.7. The van der Waals surface area contributed by atoms with Gasteiger partial charge in [-0.2, -0.15) is 0 Å². The van der Waals surface area contributed by atoms with Gasteiger partial charge in [0.25, 0.3) is 0 Å². The van der Waals surface area contributed by atoms with Crippen molar-refractivity contribution in [1.82, 2.24) is 0 Å². The second-order valence-electron chi connectivity index (χ2n) is 5.47. The van der Waals surface area contributed by atoms with Crippen LogP contribution in [0.5, 0.6) is 5.75 Å². The summed E-state index contributed by atoms with van der Waals surface area (Å²) in [4.78, 5) is 12.6. The van der Waals surface area contributed by atoms with Crippen LogP contribution in [-0.4, -0.2) is 13.1 Å². The van der Waals surface area contributed by atoms with Gasteiger partial charge < -0.3 is 9.47 Å². The van der Waals surface area contributed by atoms with Gasteiger partial charge >= 0.3 is 5.97 Å². The summed E-state index contributed by atoms with van der Waals surface area (Å²) in [5.41, 5.74) is 1.17. The van der Waals surface area contributed by atoms with Gasteiger partial charge in [0.1, 0.15) is 17.4 Å². The molecule has 0 saturated carbocycles. The highest BCUT2D eigenvalue weighted by Gasteiger charge is 2.19. The number of rotatable bonds is 4. The molecule has 0 amide bonds. The molecule has 3 nitrogen and oxygen atoms in total. The van der Waals surface area contributed by atoms with E-state index in [-0.39, 0.29) is 0 Å². The molecule has 4 heteroatoms. The number of fused-ring (bicyclic) bond motifs is 1. The van der Waals surface area contributed by atoms with Gasteiger partial charge in [-0.05, 0) is 35.9 Å². The smallest absolute Gasteiger partial charge is 0.342 e. The van der Waals surface area contributed by atoms with Crippen LogP contribution in [0.25, 0.3) is 10.8 Å². The van der Waals surface area contributed by atoms with Gasteiger partial charge in [-0.15, -0.1) is 0 Å². The number of benzene rings is 3. The number of esters is 1. The van der Waals surface area contributed by atoms with E-state index in [0.717, 1.165) is 16.3 Å². The van der Waals surface area contributed by atoms with Crippen LogP contribution in [0.1, 0.15) is 28.9 Å². The van der Waals surface area contributed by atoms with Crippen LogP contribution < -0.4 is 4.74 Å². The molecule has 3 aromatic rings. The molecule has 0 aliphatic rings. The van der Waals surface area contributed by atoms with Crippen LogP contribution in [0.15, 0.2) is 60.7 Å². The van der Waals surface area contributed by atoms with Gasteiger partial charge in [0.2, 0.25) is 0 Å². The zero-order valence-electron chi connectivity index (χ0n) is 13.5. The molecule has 0 N–H and O–H groups in total. The van der Waals surface area contributed by atoms with E-state index in [2.05, 4.69) is 0 Å². The van der Waals surface area contributed by atoms with E-state index in [1.54, 1.807) is 26.2 Å². The molecule has 0 radical (unpaired) electrons. The molecule has 0 bridgehead atoms. The first-order valence-corrected chi connectivity index (χ1v) is 8.00. The average Bonchev–Trinajstić information content (AvgIpc) is 2.60. The second-order valence-corrected chi connectivity index (χ2v) is 5.88. The Morgan fingerprint density at radius 2 is 1.62 bits per heavy atom. The maximum atomic E-state index is 12.6. The van der Waals surface area contributed by atoms with Gasteiger partial charge in [-0.1, -0.05) is 54.1 Å². The van der Waals surface area contributed by atoms with Gasteiger partial charge in [0.05, 0.1) is 7.11 Å². The molecule has 0 fully saturated rings. The van der Waals surface area contributed by atoms with Gasteiger partial charge in [-0.3, -0.25) is 0 Å². The normalized spacial score (nSPS) is 12.0. The van der Waals surface area contributed by atoms with Crippen LogP contribution in [0.4, 0.5) is 0 Å². The minimum absolute atomic E-state index is 0.398. The van der Waals surface area contributed by atoms with E-state index in [1.165, 1.54) is 0 Å². The topological polar surface area (TPSA) is 35.5 Å². The van der Waals surface area contributed by atoms with E-state index in [9.17, 15) is 4.79 Å². The molecule has 3 aromatic carbocycles. The van der Waals surface area contributed by atoms with E-state index in [4.69, 9.17) is 21.1 Å². The Morgan fingerprint density at radius 3 is 2.29 bits per heavy atom. The van der Waals surface area contributed by atoms with Gasteiger partial charge in [-0.25, -0.2) is 4.79 Å². The number of carbonyl (C=O) groups excluding carboxylic acids is 1. The first kappa shape index (κ1) is 16.3. The number of hydrogen-bond acceptors (Lipinski definition) is 3. The third-order valence-corrected chi connectivity index (χ3v) is 4.26. The second kappa shape index (κ2) is 6.93. The van der Waals surface area contributed by atoms with Crippen molar-refractivity contribution in [2.24, 2.45) is 0 Å². The van der Waals surface area contributed by atoms with Crippen molar-refractivity contribution >= 4 is 28.3 Å². The van der Waals surface area contributed by atoms with Crippen molar-refractivity contribution < 1.29 is 14.3 Å². The van der Waals surface area contributed by atoms with Crippen LogP contribution in [-0.2, 0) is 4.74 Å². The summed E-state index contributed by atoms with van der Waals surface area (Å²) in [6.07, 6.45) is -0.456. The molecule has 0 heterocycles. The summed E-state index contributed by atoms with van der Waals surface area (Å²) in [7, 11) is 1.54. The van der Waals surface area contributed by atoms with Crippen LogP contribution in [0, 0.1) is 0 Å². The molecular formula is C20H17ClO3. The summed E-state index contributed by atoms with van der Waals surface area (Å²) < 4.78 is 11.0. The minimum Gasteiger partial charge on any atom is -0.496 e. The van der Waals surface area contributed by atoms with Crippen LogP contribution in [0.2, 0.25) is 5.02 Å². The van der Waals surface area contributed by atoms with Gasteiger partial charge in [0, 0.05) is 10.6 Å². The SMILES string of the molecule is COc1cc2ccccc2cc1C(=O)O[C@H](C)c1ccccc1Cl. The van der Waals surface area contributed by atoms with E-state index in [0.29, 0.717) is 16.3 Å². The lowest BCUT2D eigenvalue weighted by Gasteiger charge is -2.16. The molecule has 3 rings (SSSR count). The van der Waals surface area contributed by atoms with Gasteiger partial charge in [0.15, 0.2) is 0 Å². The Balaban J connectivity index is 1.92. The summed E-state index contributed by atoms with van der Waals surface area (Å²) in [6.45, 7) is 1.80. The Bertz CT molecular complexity index is 889. The molecule has 0 saturated heterocycles. The van der Waals surface area contributed by atoms with Crippen molar-refractivity contribution in [2.75, 3.05) is 7.11 Å². The highest BCUT2D eigenvalue weighted by Crippen LogP contribution is 2.30. The molecular weight excluding hydrogens is 324 g/mol. The minimum atomic E-state index is -0.456. The maximum absolute atomic E-state index is 12.6. The quantitative estimate of drug-likeness (QED) is 0.595. The van der Waals surface area contributed by atoms with E-state index < -0.39 is 12.1 Å². The van der Waals surface area contributed by atoms with Crippen LogP contribution in [0.3, 0.4) is 0 Å². The van der Waals surface area contributed by atoms with Crippen molar-refractivity contribution in [3.05, 3.63) is 76.8 Å². The largest absolute Gasteiger partial charge is 0.496 e. The fraction of sp³-hybridized carbons (Fsp3) is 0.150. The number of hydrogen-bond donors (Lipinski definition) is 0. The number of carbonyl (C=O) groups is 1. The maximum Gasteiger partial charge on any atom is 0.342 e. The first-order chi connectivity index (χ1) is 11.6. The van der Waals surface area contributed by atoms with E-state index in [1.807, 2.05) is 48.5 Å². The Kier molecular flexibility index (Phi) is 4.72. The lowest BCUT2D eigenvalue weighted by atomic mass is 10.1. The highest BCUT2D eigenvalue weighted by molar-refractivity contribution is 6.31. The molecule has 0 aliphatic carbocycles. The lowest BCUT2D eigenvalue weighted by Crippen LogP contribution is -2.11. The zero-order chi connectivity index (χ0) is 17.1. The third-order valence-electron chi connectivity index (χ3n) is 3.91. The Labute approximate surface area is 145 Å². The standard InChI is InChI=1S/C20H17ClO3/c1-13(16-9-5-6-10-18(16)21)24-20(22)17-11-14-7-3-4-8-15(14)12-19(17)23-2/h3-13H,1-2H3/t13-/m1/s1. The highest BCUT2D eigenvalue weighted by atomic mass is 35.5. The molecule has 0 aliphatic heterocycles. The third kappa shape index (κ3) is 3.22. The number of halogens is 1. The molecule has 1 atom stereocenters. The Hall–Kier alpha value is -2.52. The van der Waals surface area contributed by atoms with E-state index >= 15 is 0 Å². The monoisotopic (exact) mass is 340 g/mol. The predicted octanol–water partition coefficient (Wildman–Crippen LogP) is 5.42. The molecule has 0 unspecified atom stereocenters. The molecule has 0 aromatic heterocycles. The first-order valence-electron chi connectivity index (χ1n) is 7.62. The van der Waals surface area contributed by atoms with Crippen molar-refractivity contribution in [3.63, 3.8) is 0 Å². The summed E-state index contributed by atoms with van der Waals surface area (Å²) in [5, 5.41) is 2.53. The number of ether oxygens (including phenoxy) is 2. The molecule has 0 spiro atoms. The average molecular weight is 341 g/mol. The molecule has 24 heavy (non-hydrogen) atoms. The van der Waals surface area contributed by atoms with Crippen molar-refractivity contribution in [1.29, 1.82) is 0 Å². The van der Waals surface area contributed by atoms with Crippen molar-refractivity contribution in [2.45, 2.75) is 13.0 Å². The zero-order valence-corrected chi connectivity index (χ0v) is 14.2. The lowest BCUT2D eigenvalue weighted by molar-refractivity contribution is 0.0335. The number of methoxy groups -OCH3 is 1.